The van der Waals surface area contributed by atoms with Gasteiger partial charge >= 0.3 is 0 Å². The molecule has 1 fully saturated rings. The van der Waals surface area contributed by atoms with E-state index >= 15 is 0 Å². The molecule has 66 valence electrons. The first-order chi connectivity index (χ1) is 5.14. The van der Waals surface area contributed by atoms with Crippen LogP contribution in [-0.4, -0.2) is 26.0 Å². The Labute approximate surface area is 81.4 Å². The van der Waals surface area contributed by atoms with E-state index in [1.807, 2.05) is 0 Å². The lowest BCUT2D eigenvalue weighted by Crippen LogP contribution is -2.20. The third-order valence-corrected chi connectivity index (χ3v) is 4.59. The van der Waals surface area contributed by atoms with E-state index < -0.39 is 9.84 Å². The van der Waals surface area contributed by atoms with Crippen molar-refractivity contribution >= 4 is 32.7 Å². The maximum Gasteiger partial charge on any atom is 0.150 e. The summed E-state index contributed by atoms with van der Waals surface area (Å²) in [5.74, 6) is 0.732. The summed E-state index contributed by atoms with van der Waals surface area (Å²) >= 11 is 2.09. The standard InChI is InChI=1S/C6H12INO2S/c7-8-6-2-1-4-11(9,10)5-3-6/h6,8H,1-5H2. The van der Waals surface area contributed by atoms with E-state index in [9.17, 15) is 8.42 Å². The zero-order valence-electron chi connectivity index (χ0n) is 6.22. The average molecular weight is 289 g/mol. The van der Waals surface area contributed by atoms with Gasteiger partial charge in [0.25, 0.3) is 0 Å². The Bertz CT molecular complexity index is 215. The van der Waals surface area contributed by atoms with Gasteiger partial charge in [-0.15, -0.1) is 0 Å². The first-order valence-electron chi connectivity index (χ1n) is 3.70. The lowest BCUT2D eigenvalue weighted by molar-refractivity contribution is 0.579. The largest absolute Gasteiger partial charge is 0.258 e. The maximum atomic E-state index is 11.1. The van der Waals surface area contributed by atoms with Gasteiger partial charge in [-0.2, -0.15) is 0 Å². The second-order valence-corrected chi connectivity index (χ2v) is 5.82. The molecular formula is C6H12INO2S. The van der Waals surface area contributed by atoms with Crippen LogP contribution in [-0.2, 0) is 9.84 Å². The Hall–Kier alpha value is 0.640. The van der Waals surface area contributed by atoms with Crippen LogP contribution in [0.15, 0.2) is 0 Å². The van der Waals surface area contributed by atoms with Crippen molar-refractivity contribution in [3.8, 4) is 0 Å². The number of nitrogens with one attached hydrogen (secondary N) is 1. The molecule has 0 aromatic rings. The van der Waals surface area contributed by atoms with Crippen molar-refractivity contribution < 1.29 is 8.42 Å². The number of sulfone groups is 1. The summed E-state index contributed by atoms with van der Waals surface area (Å²) < 4.78 is 25.3. The molecule has 0 spiro atoms. The molecule has 0 saturated carbocycles. The van der Waals surface area contributed by atoms with Crippen molar-refractivity contribution in [2.24, 2.45) is 0 Å². The number of halogens is 1. The minimum atomic E-state index is -2.71. The Balaban J connectivity index is 2.53. The van der Waals surface area contributed by atoms with Gasteiger partial charge < -0.3 is 0 Å². The molecule has 1 N–H and O–H groups in total. The summed E-state index contributed by atoms with van der Waals surface area (Å²) in [5.41, 5.74) is 0. The first-order valence-corrected chi connectivity index (χ1v) is 6.60. The van der Waals surface area contributed by atoms with Crippen LogP contribution in [0.4, 0.5) is 0 Å². The van der Waals surface area contributed by atoms with Crippen molar-refractivity contribution in [1.29, 1.82) is 0 Å². The summed E-state index contributed by atoms with van der Waals surface area (Å²) in [7, 11) is -2.71. The highest BCUT2D eigenvalue weighted by Gasteiger charge is 2.19. The molecule has 0 radical (unpaired) electrons. The normalized spacial score (nSPS) is 31.2. The van der Waals surface area contributed by atoms with E-state index in [0.717, 1.165) is 19.3 Å². The molecule has 11 heavy (non-hydrogen) atoms. The van der Waals surface area contributed by atoms with Crippen LogP contribution in [0, 0.1) is 0 Å². The van der Waals surface area contributed by atoms with Crippen LogP contribution >= 0.6 is 22.9 Å². The van der Waals surface area contributed by atoms with Gasteiger partial charge in [0.2, 0.25) is 0 Å². The van der Waals surface area contributed by atoms with Crippen molar-refractivity contribution in [2.75, 3.05) is 11.5 Å². The molecule has 3 nitrogen and oxygen atoms in total. The van der Waals surface area contributed by atoms with Crippen molar-refractivity contribution in [2.45, 2.75) is 25.3 Å². The predicted molar refractivity (Wildman–Crippen MR) is 53.4 cm³/mol. The molecule has 1 aliphatic rings. The molecule has 1 heterocycles. The zero-order valence-corrected chi connectivity index (χ0v) is 9.19. The van der Waals surface area contributed by atoms with Crippen LogP contribution in [0.1, 0.15) is 19.3 Å². The number of hydrogen-bond acceptors (Lipinski definition) is 3. The molecular weight excluding hydrogens is 277 g/mol. The Morgan fingerprint density at radius 3 is 2.64 bits per heavy atom. The van der Waals surface area contributed by atoms with Gasteiger partial charge in [0, 0.05) is 28.9 Å². The molecule has 0 amide bonds. The van der Waals surface area contributed by atoms with E-state index in [4.69, 9.17) is 0 Å². The first kappa shape index (κ1) is 9.73. The minimum Gasteiger partial charge on any atom is -0.258 e. The molecule has 5 heteroatoms. The number of hydrogen-bond donors (Lipinski definition) is 1. The van der Waals surface area contributed by atoms with Gasteiger partial charge in [-0.25, -0.2) is 8.42 Å². The van der Waals surface area contributed by atoms with Crippen molar-refractivity contribution in [3.63, 3.8) is 0 Å². The fourth-order valence-corrected chi connectivity index (χ4v) is 3.30. The highest BCUT2D eigenvalue weighted by Crippen LogP contribution is 2.13. The second-order valence-electron chi connectivity index (χ2n) is 2.89. The van der Waals surface area contributed by atoms with Crippen LogP contribution in [0.2, 0.25) is 0 Å². The number of rotatable bonds is 1. The fourth-order valence-electron chi connectivity index (χ4n) is 1.23. The summed E-state index contributed by atoms with van der Waals surface area (Å²) in [6, 6.07) is 0.396. The van der Waals surface area contributed by atoms with E-state index in [0.29, 0.717) is 17.5 Å². The molecule has 1 aliphatic heterocycles. The van der Waals surface area contributed by atoms with Crippen molar-refractivity contribution in [1.82, 2.24) is 3.53 Å². The highest BCUT2D eigenvalue weighted by atomic mass is 127. The van der Waals surface area contributed by atoms with E-state index in [2.05, 4.69) is 26.4 Å². The average Bonchev–Trinajstić information content (AvgIpc) is 2.10. The lowest BCUT2D eigenvalue weighted by Gasteiger charge is -2.08. The molecule has 0 bridgehead atoms. The van der Waals surface area contributed by atoms with Gasteiger partial charge in [-0.1, -0.05) is 0 Å². The van der Waals surface area contributed by atoms with E-state index in [-0.39, 0.29) is 0 Å². The fraction of sp³-hybridized carbons (Fsp3) is 1.00. The molecule has 1 atom stereocenters. The molecule has 0 aliphatic carbocycles. The minimum absolute atomic E-state index is 0.355. The summed E-state index contributed by atoms with van der Waals surface area (Å²) in [6.45, 7) is 0. The monoisotopic (exact) mass is 289 g/mol. The maximum absolute atomic E-state index is 11.1. The summed E-state index contributed by atoms with van der Waals surface area (Å²) in [5, 5.41) is 0. The highest BCUT2D eigenvalue weighted by molar-refractivity contribution is 14.1. The zero-order chi connectivity index (χ0) is 8.32. The Kier molecular flexibility index (Phi) is 3.57. The van der Waals surface area contributed by atoms with Gasteiger partial charge in [-0.05, 0) is 19.3 Å². The van der Waals surface area contributed by atoms with Crippen LogP contribution in [0.5, 0.6) is 0 Å². The summed E-state index contributed by atoms with van der Waals surface area (Å²) in [4.78, 5) is 0. The van der Waals surface area contributed by atoms with Gasteiger partial charge in [-0.3, -0.25) is 3.53 Å². The van der Waals surface area contributed by atoms with Crippen LogP contribution in [0.3, 0.4) is 0 Å². The molecule has 1 saturated heterocycles. The SMILES string of the molecule is O=S1(=O)CCCC(NI)CC1. The third-order valence-electron chi connectivity index (χ3n) is 1.94. The van der Waals surface area contributed by atoms with Crippen LogP contribution in [0.25, 0.3) is 0 Å². The van der Waals surface area contributed by atoms with E-state index in [1.54, 1.807) is 0 Å². The Morgan fingerprint density at radius 1 is 1.27 bits per heavy atom. The molecule has 0 aromatic carbocycles. The topological polar surface area (TPSA) is 46.2 Å². The van der Waals surface area contributed by atoms with Gasteiger partial charge in [0.05, 0.1) is 11.5 Å². The molecule has 1 rings (SSSR count). The smallest absolute Gasteiger partial charge is 0.150 e. The van der Waals surface area contributed by atoms with Crippen LogP contribution < -0.4 is 3.53 Å². The molecule has 0 aromatic heterocycles. The van der Waals surface area contributed by atoms with Crippen molar-refractivity contribution in [3.05, 3.63) is 0 Å². The van der Waals surface area contributed by atoms with Gasteiger partial charge in [0.1, 0.15) is 9.84 Å². The third kappa shape index (κ3) is 3.25. The second kappa shape index (κ2) is 4.04. The quantitative estimate of drug-likeness (QED) is 0.576. The summed E-state index contributed by atoms with van der Waals surface area (Å²) in [6.07, 6.45) is 2.57. The predicted octanol–water partition coefficient (Wildman–Crippen LogP) is 0.893. The molecule has 1 unspecified atom stereocenters. The Morgan fingerprint density at radius 2 is 2.00 bits per heavy atom. The van der Waals surface area contributed by atoms with Gasteiger partial charge in [0.15, 0.2) is 0 Å². The van der Waals surface area contributed by atoms with E-state index in [1.165, 1.54) is 0 Å². The lowest BCUT2D eigenvalue weighted by atomic mass is 10.1.